The van der Waals surface area contributed by atoms with E-state index >= 15 is 0 Å². The zero-order valence-corrected chi connectivity index (χ0v) is 12.7. The molecule has 1 aromatic heterocycles. The minimum Gasteiger partial charge on any atom is -0.330 e. The molecule has 3 N–H and O–H groups in total. The number of rotatable bonds is 3. The third-order valence-corrected chi connectivity index (χ3v) is 4.68. The molecule has 0 aromatic carbocycles. The lowest BCUT2D eigenvalue weighted by Crippen LogP contribution is -2.29. The van der Waals surface area contributed by atoms with Crippen molar-refractivity contribution in [1.29, 1.82) is 0 Å². The third kappa shape index (κ3) is 3.76. The lowest BCUT2D eigenvalue weighted by molar-refractivity contribution is -0.121. The molecule has 0 bridgehead atoms. The van der Waals surface area contributed by atoms with Gasteiger partial charge in [-0.1, -0.05) is 0 Å². The summed E-state index contributed by atoms with van der Waals surface area (Å²) in [5, 5.41) is 2.91. The van der Waals surface area contributed by atoms with Crippen molar-refractivity contribution < 1.29 is 4.79 Å². The van der Waals surface area contributed by atoms with Crippen molar-refractivity contribution in [2.24, 2.45) is 17.6 Å². The monoisotopic (exact) mass is 325 g/mol. The van der Waals surface area contributed by atoms with Crippen molar-refractivity contribution in [2.75, 3.05) is 11.9 Å². The highest BCUT2D eigenvalue weighted by Gasteiger charge is 2.25. The number of hydrogen-bond donors (Lipinski definition) is 2. The number of nitrogens with zero attached hydrogens (tertiary/aromatic N) is 1. The minimum absolute atomic E-state index is 0.0877. The molecule has 1 saturated carbocycles. The highest BCUT2D eigenvalue weighted by atomic mass is 79.9. The van der Waals surface area contributed by atoms with Crippen LogP contribution in [-0.2, 0) is 4.79 Å². The fourth-order valence-electron chi connectivity index (χ4n) is 2.50. The predicted molar refractivity (Wildman–Crippen MR) is 79.8 cm³/mol. The van der Waals surface area contributed by atoms with Gasteiger partial charge in [-0.3, -0.25) is 4.79 Å². The van der Waals surface area contributed by atoms with Crippen LogP contribution in [0.1, 0.15) is 31.2 Å². The van der Waals surface area contributed by atoms with E-state index < -0.39 is 0 Å². The number of anilines is 1. The maximum atomic E-state index is 12.2. The molecule has 0 atom stereocenters. The first kappa shape index (κ1) is 14.5. The Hall–Kier alpha value is -0.940. The summed E-state index contributed by atoms with van der Waals surface area (Å²) < 4.78 is 0.953. The molecule has 1 heterocycles. The molecular formula is C14H20BrN3O. The maximum Gasteiger partial charge on any atom is 0.228 e. The molecule has 0 spiro atoms. The fourth-order valence-corrected chi connectivity index (χ4v) is 2.71. The molecule has 19 heavy (non-hydrogen) atoms. The number of nitrogens with two attached hydrogens (primary N) is 1. The Bertz CT molecular complexity index is 456. The van der Waals surface area contributed by atoms with Gasteiger partial charge in [0.05, 0.1) is 0 Å². The van der Waals surface area contributed by atoms with Gasteiger partial charge in [-0.25, -0.2) is 4.98 Å². The average Bonchev–Trinajstić information content (AvgIpc) is 2.43. The van der Waals surface area contributed by atoms with Gasteiger partial charge in [0.15, 0.2) is 0 Å². The molecule has 1 aliphatic carbocycles. The van der Waals surface area contributed by atoms with Gasteiger partial charge in [-0.05, 0) is 72.6 Å². The van der Waals surface area contributed by atoms with Gasteiger partial charge >= 0.3 is 0 Å². The van der Waals surface area contributed by atoms with Crippen LogP contribution in [0, 0.1) is 18.8 Å². The molecule has 104 valence electrons. The molecule has 1 aromatic rings. The molecule has 0 aliphatic heterocycles. The molecule has 1 fully saturated rings. The Morgan fingerprint density at radius 1 is 1.47 bits per heavy atom. The SMILES string of the molecule is Cc1cc(NC(=O)C2CCC(CN)CC2)ncc1Br. The Labute approximate surface area is 122 Å². The maximum absolute atomic E-state index is 12.2. The fraction of sp³-hybridized carbons (Fsp3) is 0.571. The van der Waals surface area contributed by atoms with Crippen molar-refractivity contribution >= 4 is 27.7 Å². The summed E-state index contributed by atoms with van der Waals surface area (Å²) in [6, 6.07) is 1.88. The molecule has 5 heteroatoms. The van der Waals surface area contributed by atoms with E-state index in [4.69, 9.17) is 5.73 Å². The number of carbonyl (C=O) groups is 1. The topological polar surface area (TPSA) is 68.0 Å². The second-order valence-electron chi connectivity index (χ2n) is 5.26. The van der Waals surface area contributed by atoms with Gasteiger partial charge in [0, 0.05) is 16.6 Å². The van der Waals surface area contributed by atoms with E-state index in [0.29, 0.717) is 11.7 Å². The number of aromatic nitrogens is 1. The van der Waals surface area contributed by atoms with E-state index in [1.807, 2.05) is 13.0 Å². The van der Waals surface area contributed by atoms with Crippen LogP contribution in [0.4, 0.5) is 5.82 Å². The number of aryl methyl sites for hydroxylation is 1. The van der Waals surface area contributed by atoms with Crippen LogP contribution in [0.5, 0.6) is 0 Å². The number of halogens is 1. The first-order valence-electron chi connectivity index (χ1n) is 6.73. The summed E-state index contributed by atoms with van der Waals surface area (Å²) in [4.78, 5) is 16.4. The Balaban J connectivity index is 1.92. The van der Waals surface area contributed by atoms with Gasteiger partial charge in [0.1, 0.15) is 5.82 Å². The Morgan fingerprint density at radius 3 is 2.74 bits per heavy atom. The van der Waals surface area contributed by atoms with Gasteiger partial charge in [0.25, 0.3) is 0 Å². The van der Waals surface area contributed by atoms with Crippen molar-refractivity contribution in [2.45, 2.75) is 32.6 Å². The Kier molecular flexibility index (Phi) is 4.93. The Morgan fingerprint density at radius 2 is 2.16 bits per heavy atom. The van der Waals surface area contributed by atoms with E-state index in [9.17, 15) is 4.79 Å². The van der Waals surface area contributed by atoms with Gasteiger partial charge in [-0.2, -0.15) is 0 Å². The minimum atomic E-state index is 0.0877. The summed E-state index contributed by atoms with van der Waals surface area (Å²) in [5.41, 5.74) is 6.73. The van der Waals surface area contributed by atoms with Crippen LogP contribution >= 0.6 is 15.9 Å². The summed E-state index contributed by atoms with van der Waals surface area (Å²) >= 11 is 3.40. The van der Waals surface area contributed by atoms with Crippen LogP contribution < -0.4 is 11.1 Å². The second kappa shape index (κ2) is 6.48. The standard InChI is InChI=1S/C14H20BrN3O/c1-9-6-13(17-8-12(9)15)18-14(19)11-4-2-10(7-16)3-5-11/h6,8,10-11H,2-5,7,16H2,1H3,(H,17,18,19). The third-order valence-electron chi connectivity index (χ3n) is 3.85. The summed E-state index contributed by atoms with van der Waals surface area (Å²) in [6.07, 6.45) is 5.70. The highest BCUT2D eigenvalue weighted by molar-refractivity contribution is 9.10. The molecule has 1 aliphatic rings. The van der Waals surface area contributed by atoms with Crippen LogP contribution in [0.15, 0.2) is 16.7 Å². The largest absolute Gasteiger partial charge is 0.330 e. The van der Waals surface area contributed by atoms with Crippen molar-refractivity contribution in [3.8, 4) is 0 Å². The van der Waals surface area contributed by atoms with Gasteiger partial charge < -0.3 is 11.1 Å². The van der Waals surface area contributed by atoms with Crippen LogP contribution in [0.25, 0.3) is 0 Å². The summed E-state index contributed by atoms with van der Waals surface area (Å²) in [6.45, 7) is 2.72. The van der Waals surface area contributed by atoms with Crippen LogP contribution in [0.3, 0.4) is 0 Å². The van der Waals surface area contributed by atoms with Crippen LogP contribution in [0.2, 0.25) is 0 Å². The van der Waals surface area contributed by atoms with Crippen molar-refractivity contribution in [3.63, 3.8) is 0 Å². The van der Waals surface area contributed by atoms with E-state index in [1.54, 1.807) is 6.20 Å². The number of pyridine rings is 1. The first-order valence-corrected chi connectivity index (χ1v) is 7.52. The zero-order chi connectivity index (χ0) is 13.8. The van der Waals surface area contributed by atoms with E-state index in [-0.39, 0.29) is 11.8 Å². The van der Waals surface area contributed by atoms with Crippen molar-refractivity contribution in [3.05, 3.63) is 22.3 Å². The molecule has 0 unspecified atom stereocenters. The summed E-state index contributed by atoms with van der Waals surface area (Å²) in [5.74, 6) is 1.42. The first-order chi connectivity index (χ1) is 9.10. The lowest BCUT2D eigenvalue weighted by Gasteiger charge is -2.26. The molecule has 0 radical (unpaired) electrons. The van der Waals surface area contributed by atoms with Crippen molar-refractivity contribution in [1.82, 2.24) is 4.98 Å². The lowest BCUT2D eigenvalue weighted by atomic mass is 9.81. The molecular weight excluding hydrogens is 306 g/mol. The average molecular weight is 326 g/mol. The molecule has 4 nitrogen and oxygen atoms in total. The summed E-state index contributed by atoms with van der Waals surface area (Å²) in [7, 11) is 0. The zero-order valence-electron chi connectivity index (χ0n) is 11.2. The number of carbonyl (C=O) groups excluding carboxylic acids is 1. The van der Waals surface area contributed by atoms with E-state index in [2.05, 4.69) is 26.2 Å². The number of nitrogens with one attached hydrogen (secondary N) is 1. The number of amides is 1. The predicted octanol–water partition coefficient (Wildman–Crippen LogP) is 2.86. The van der Waals surface area contributed by atoms with Gasteiger partial charge in [-0.15, -0.1) is 0 Å². The second-order valence-corrected chi connectivity index (χ2v) is 6.12. The molecule has 0 saturated heterocycles. The molecule has 2 rings (SSSR count). The van der Waals surface area contributed by atoms with E-state index in [0.717, 1.165) is 42.3 Å². The van der Waals surface area contributed by atoms with Crippen LogP contribution in [-0.4, -0.2) is 17.4 Å². The smallest absolute Gasteiger partial charge is 0.228 e. The normalized spacial score (nSPS) is 23.1. The number of hydrogen-bond acceptors (Lipinski definition) is 3. The highest BCUT2D eigenvalue weighted by Crippen LogP contribution is 2.29. The quantitative estimate of drug-likeness (QED) is 0.897. The van der Waals surface area contributed by atoms with Gasteiger partial charge in [0.2, 0.25) is 5.91 Å². The van der Waals surface area contributed by atoms with E-state index in [1.165, 1.54) is 0 Å². The molecule has 1 amide bonds.